The molecule has 1 unspecified atom stereocenters. The Bertz CT molecular complexity index is 709. The van der Waals surface area contributed by atoms with Crippen LogP contribution in [0.4, 0.5) is 5.69 Å². The Balaban J connectivity index is 1.82. The van der Waals surface area contributed by atoms with Crippen LogP contribution in [0.2, 0.25) is 0 Å². The summed E-state index contributed by atoms with van der Waals surface area (Å²) in [7, 11) is 0. The summed E-state index contributed by atoms with van der Waals surface area (Å²) in [6, 6.07) is 5.82. The maximum Gasteiger partial charge on any atom is 0.230 e. The van der Waals surface area contributed by atoms with Gasteiger partial charge in [-0.25, -0.2) is 0 Å². The van der Waals surface area contributed by atoms with E-state index in [0.29, 0.717) is 24.1 Å². The third-order valence-corrected chi connectivity index (χ3v) is 4.56. The zero-order valence-electron chi connectivity index (χ0n) is 14.5. The molecule has 0 bridgehead atoms. The first-order valence-electron chi connectivity index (χ1n) is 8.78. The highest BCUT2D eigenvalue weighted by atomic mass is 16.5. The first-order chi connectivity index (χ1) is 12.2. The van der Waals surface area contributed by atoms with Gasteiger partial charge in [-0.3, -0.25) is 0 Å². The van der Waals surface area contributed by atoms with Gasteiger partial charge in [0.15, 0.2) is 0 Å². The van der Waals surface area contributed by atoms with Gasteiger partial charge >= 0.3 is 0 Å². The molecule has 3 rings (SSSR count). The number of piperidine rings is 1. The summed E-state index contributed by atoms with van der Waals surface area (Å²) in [6.45, 7) is 4.08. The van der Waals surface area contributed by atoms with Crippen molar-refractivity contribution in [2.45, 2.75) is 38.1 Å². The normalized spacial score (nSPS) is 16.6. The first kappa shape index (κ1) is 17.6. The van der Waals surface area contributed by atoms with Crippen LogP contribution in [0.1, 0.15) is 43.6 Å². The van der Waals surface area contributed by atoms with Crippen molar-refractivity contribution < 1.29 is 9.63 Å². The van der Waals surface area contributed by atoms with Crippen molar-refractivity contribution in [3.63, 3.8) is 0 Å². The molecule has 1 aromatic carbocycles. The van der Waals surface area contributed by atoms with Gasteiger partial charge in [-0.1, -0.05) is 17.3 Å². The van der Waals surface area contributed by atoms with Crippen LogP contribution in [0, 0.1) is 5.41 Å². The summed E-state index contributed by atoms with van der Waals surface area (Å²) < 4.78 is 5.49. The molecule has 0 amide bonds. The summed E-state index contributed by atoms with van der Waals surface area (Å²) >= 11 is 0. The second-order valence-electron chi connectivity index (χ2n) is 6.48. The topological polar surface area (TPSA) is 107 Å². The molecule has 4 N–H and O–H groups in total. The highest BCUT2D eigenvalue weighted by Crippen LogP contribution is 2.28. The molecule has 1 aliphatic heterocycles. The molecule has 25 heavy (non-hydrogen) atoms. The fourth-order valence-electron chi connectivity index (χ4n) is 3.06. The summed E-state index contributed by atoms with van der Waals surface area (Å²) in [5.41, 5.74) is 2.48. The molecule has 1 saturated heterocycles. The van der Waals surface area contributed by atoms with Crippen LogP contribution < -0.4 is 10.6 Å². The van der Waals surface area contributed by atoms with Crippen molar-refractivity contribution in [2.24, 2.45) is 0 Å². The number of anilines is 1. The number of aromatic nitrogens is 2. The average molecular weight is 343 g/mol. The van der Waals surface area contributed by atoms with Crippen molar-refractivity contribution in [2.75, 3.05) is 25.0 Å². The number of benzene rings is 1. The number of aliphatic hydroxyl groups is 1. The minimum absolute atomic E-state index is 0.106. The van der Waals surface area contributed by atoms with Gasteiger partial charge in [-0.05, 0) is 45.3 Å². The number of nitrogens with one attached hydrogen (secondary N) is 3. The Morgan fingerprint density at radius 3 is 2.96 bits per heavy atom. The molecule has 0 radical (unpaired) electrons. The van der Waals surface area contributed by atoms with Crippen molar-refractivity contribution in [3.8, 4) is 11.4 Å². The lowest BCUT2D eigenvalue weighted by molar-refractivity contribution is 0.282. The lowest BCUT2D eigenvalue weighted by Gasteiger charge is -2.18. The van der Waals surface area contributed by atoms with E-state index in [1.54, 1.807) is 0 Å². The van der Waals surface area contributed by atoms with E-state index in [9.17, 15) is 0 Å². The fraction of sp³-hybridized carbons (Fsp3) is 0.500. The highest BCUT2D eigenvalue weighted by molar-refractivity contribution is 5.87. The van der Waals surface area contributed by atoms with Gasteiger partial charge in [-0.15, -0.1) is 0 Å². The van der Waals surface area contributed by atoms with Crippen LogP contribution in [0.3, 0.4) is 0 Å². The predicted molar refractivity (Wildman–Crippen MR) is 97.3 cm³/mol. The van der Waals surface area contributed by atoms with Crippen molar-refractivity contribution in [3.05, 3.63) is 29.7 Å². The number of rotatable bonds is 7. The lowest BCUT2D eigenvalue weighted by Crippen LogP contribution is -2.26. The molecule has 1 atom stereocenters. The Morgan fingerprint density at radius 2 is 2.24 bits per heavy atom. The summed E-state index contributed by atoms with van der Waals surface area (Å²) in [5.74, 6) is 1.60. The van der Waals surface area contributed by atoms with E-state index >= 15 is 0 Å². The largest absolute Gasteiger partial charge is 0.396 e. The standard InChI is InChI=1S/C18H25N5O2/c1-12(6-9-24)21-16-10-14(2-3-15(16)11-19)17-22-18(25-23-17)13-4-7-20-8-5-13/h2-3,10-13,19-21,24H,4-9H2,1H3. The van der Waals surface area contributed by atoms with E-state index in [2.05, 4.69) is 20.8 Å². The molecule has 0 spiro atoms. The number of hydrogen-bond donors (Lipinski definition) is 4. The Morgan fingerprint density at radius 1 is 1.44 bits per heavy atom. The van der Waals surface area contributed by atoms with E-state index in [0.717, 1.165) is 42.7 Å². The zero-order chi connectivity index (χ0) is 17.6. The monoisotopic (exact) mass is 343 g/mol. The molecule has 0 aliphatic carbocycles. The summed E-state index contributed by atoms with van der Waals surface area (Å²) in [5, 5.41) is 27.5. The minimum atomic E-state index is 0.106. The molecule has 2 heterocycles. The molecule has 0 saturated carbocycles. The molecule has 2 aromatic rings. The molecular weight excluding hydrogens is 318 g/mol. The fourth-order valence-corrected chi connectivity index (χ4v) is 3.06. The Labute approximate surface area is 147 Å². The Kier molecular flexibility index (Phi) is 5.78. The molecular formula is C18H25N5O2. The van der Waals surface area contributed by atoms with E-state index in [1.807, 2.05) is 25.1 Å². The van der Waals surface area contributed by atoms with Gasteiger partial charge in [-0.2, -0.15) is 4.98 Å². The molecule has 7 nitrogen and oxygen atoms in total. The van der Waals surface area contributed by atoms with Crippen LogP contribution in [0.25, 0.3) is 11.4 Å². The van der Waals surface area contributed by atoms with Crippen LogP contribution in [0.15, 0.2) is 22.7 Å². The maximum absolute atomic E-state index is 9.08. The Hall–Kier alpha value is -2.25. The number of nitrogens with zero attached hydrogens (tertiary/aromatic N) is 2. The summed E-state index contributed by atoms with van der Waals surface area (Å²) in [6.07, 6.45) is 3.98. The highest BCUT2D eigenvalue weighted by Gasteiger charge is 2.22. The zero-order valence-corrected chi connectivity index (χ0v) is 14.5. The average Bonchev–Trinajstić information content (AvgIpc) is 3.13. The van der Waals surface area contributed by atoms with E-state index in [-0.39, 0.29) is 12.6 Å². The van der Waals surface area contributed by atoms with E-state index in [1.165, 1.54) is 6.21 Å². The maximum atomic E-state index is 9.08. The minimum Gasteiger partial charge on any atom is -0.396 e. The van der Waals surface area contributed by atoms with Crippen molar-refractivity contribution in [1.82, 2.24) is 15.5 Å². The lowest BCUT2D eigenvalue weighted by atomic mass is 9.98. The van der Waals surface area contributed by atoms with Crippen LogP contribution in [-0.4, -0.2) is 47.2 Å². The third-order valence-electron chi connectivity index (χ3n) is 4.56. The van der Waals surface area contributed by atoms with Gasteiger partial charge in [0.1, 0.15) is 0 Å². The SMILES string of the molecule is CC(CCO)Nc1cc(-c2noc(C3CCNCC3)n2)ccc1C=N. The van der Waals surface area contributed by atoms with Gasteiger partial charge in [0.25, 0.3) is 0 Å². The smallest absolute Gasteiger partial charge is 0.230 e. The number of hydrogen-bond acceptors (Lipinski definition) is 7. The second kappa shape index (κ2) is 8.22. The van der Waals surface area contributed by atoms with Gasteiger partial charge in [0, 0.05) is 41.6 Å². The molecule has 134 valence electrons. The van der Waals surface area contributed by atoms with E-state index in [4.69, 9.17) is 15.0 Å². The van der Waals surface area contributed by atoms with Crippen molar-refractivity contribution in [1.29, 1.82) is 5.41 Å². The number of aliphatic hydroxyl groups excluding tert-OH is 1. The second-order valence-corrected chi connectivity index (χ2v) is 6.48. The van der Waals surface area contributed by atoms with Crippen LogP contribution in [0.5, 0.6) is 0 Å². The molecule has 1 aliphatic rings. The molecule has 1 fully saturated rings. The quantitative estimate of drug-likeness (QED) is 0.575. The third kappa shape index (κ3) is 4.24. The van der Waals surface area contributed by atoms with Gasteiger partial charge < -0.3 is 25.7 Å². The van der Waals surface area contributed by atoms with Crippen LogP contribution in [-0.2, 0) is 0 Å². The summed E-state index contributed by atoms with van der Waals surface area (Å²) in [4.78, 5) is 4.59. The van der Waals surface area contributed by atoms with Gasteiger partial charge in [0.05, 0.1) is 0 Å². The predicted octanol–water partition coefficient (Wildman–Crippen LogP) is 2.38. The van der Waals surface area contributed by atoms with Crippen molar-refractivity contribution >= 4 is 11.9 Å². The molecule has 1 aromatic heterocycles. The molecule has 7 heteroatoms. The van der Waals surface area contributed by atoms with Gasteiger partial charge in [0.2, 0.25) is 11.7 Å². The van der Waals surface area contributed by atoms with Crippen LogP contribution >= 0.6 is 0 Å². The van der Waals surface area contributed by atoms with E-state index < -0.39 is 0 Å². The first-order valence-corrected chi connectivity index (χ1v) is 8.78.